The number of amides is 1. The molecule has 0 aliphatic heterocycles. The van der Waals surface area contributed by atoms with Crippen molar-refractivity contribution < 1.29 is 14.6 Å². The smallest absolute Gasteiger partial charge is 0.258 e. The van der Waals surface area contributed by atoms with Crippen LogP contribution >= 0.6 is 0 Å². The second-order valence-corrected chi connectivity index (χ2v) is 5.33. The first kappa shape index (κ1) is 15.3. The van der Waals surface area contributed by atoms with Crippen molar-refractivity contribution in [3.63, 3.8) is 0 Å². The lowest BCUT2D eigenvalue weighted by Gasteiger charge is -2.30. The molecule has 0 bridgehead atoms. The van der Waals surface area contributed by atoms with Crippen molar-refractivity contribution in [2.24, 2.45) is 5.92 Å². The first-order valence-corrected chi connectivity index (χ1v) is 7.26. The van der Waals surface area contributed by atoms with E-state index >= 15 is 0 Å². The summed E-state index contributed by atoms with van der Waals surface area (Å²) in [4.78, 5) is 11.9. The van der Waals surface area contributed by atoms with Crippen LogP contribution in [0.2, 0.25) is 0 Å². The predicted molar refractivity (Wildman–Crippen MR) is 77.6 cm³/mol. The Morgan fingerprint density at radius 3 is 2.71 bits per heavy atom. The molecule has 2 N–H and O–H groups in total. The van der Waals surface area contributed by atoms with Crippen LogP contribution in [0.25, 0.3) is 0 Å². The quantitative estimate of drug-likeness (QED) is 0.862. The molecular weight excluding hydrogens is 268 g/mol. The van der Waals surface area contributed by atoms with Gasteiger partial charge >= 0.3 is 0 Å². The third-order valence-electron chi connectivity index (χ3n) is 3.84. The molecule has 1 aromatic rings. The molecule has 2 atom stereocenters. The summed E-state index contributed by atoms with van der Waals surface area (Å²) in [5.74, 6) is 0.536. The fourth-order valence-electron chi connectivity index (χ4n) is 2.64. The Bertz CT molecular complexity index is 507. The molecule has 0 spiro atoms. The number of hydrogen-bond acceptors (Lipinski definition) is 4. The van der Waals surface area contributed by atoms with Crippen LogP contribution in [0.15, 0.2) is 24.3 Å². The maximum atomic E-state index is 11.9. The molecule has 1 amide bonds. The molecule has 1 aliphatic carbocycles. The first-order chi connectivity index (χ1) is 10.2. The van der Waals surface area contributed by atoms with E-state index < -0.39 is 0 Å². The monoisotopic (exact) mass is 288 g/mol. The fourth-order valence-corrected chi connectivity index (χ4v) is 2.64. The third-order valence-corrected chi connectivity index (χ3v) is 3.84. The maximum Gasteiger partial charge on any atom is 0.258 e. The van der Waals surface area contributed by atoms with Crippen LogP contribution in [-0.2, 0) is 4.79 Å². The average Bonchev–Trinajstić information content (AvgIpc) is 2.54. The molecule has 5 nitrogen and oxygen atoms in total. The van der Waals surface area contributed by atoms with E-state index in [1.54, 1.807) is 24.3 Å². The highest BCUT2D eigenvalue weighted by molar-refractivity contribution is 5.77. The zero-order valence-electron chi connectivity index (χ0n) is 11.9. The van der Waals surface area contributed by atoms with Crippen molar-refractivity contribution in [2.45, 2.75) is 31.7 Å². The molecule has 1 fully saturated rings. The second kappa shape index (κ2) is 7.65. The van der Waals surface area contributed by atoms with Gasteiger partial charge in [0.25, 0.3) is 5.91 Å². The van der Waals surface area contributed by atoms with Crippen LogP contribution in [0, 0.1) is 17.2 Å². The number of nitriles is 1. The number of nitrogens with zero attached hydrogens (tertiary/aromatic N) is 1. The second-order valence-electron chi connectivity index (χ2n) is 5.33. The van der Waals surface area contributed by atoms with E-state index in [-0.39, 0.29) is 31.1 Å². The van der Waals surface area contributed by atoms with E-state index in [0.717, 1.165) is 25.7 Å². The molecule has 1 aromatic carbocycles. The van der Waals surface area contributed by atoms with Gasteiger partial charge in [-0.15, -0.1) is 0 Å². The van der Waals surface area contributed by atoms with E-state index in [1.165, 1.54) is 0 Å². The molecule has 21 heavy (non-hydrogen) atoms. The van der Waals surface area contributed by atoms with Crippen molar-refractivity contribution in [3.05, 3.63) is 29.8 Å². The Morgan fingerprint density at radius 1 is 1.33 bits per heavy atom. The van der Waals surface area contributed by atoms with Gasteiger partial charge in [0.05, 0.1) is 11.6 Å². The Hall–Kier alpha value is -2.06. The number of carbonyl (C=O) groups excluding carboxylic acids is 1. The summed E-state index contributed by atoms with van der Waals surface area (Å²) >= 11 is 0. The molecule has 1 aliphatic rings. The lowest BCUT2D eigenvalue weighted by atomic mass is 9.85. The van der Waals surface area contributed by atoms with Gasteiger partial charge in [-0.25, -0.2) is 0 Å². The molecule has 0 saturated heterocycles. The molecule has 0 heterocycles. The molecule has 1 saturated carbocycles. The van der Waals surface area contributed by atoms with Crippen molar-refractivity contribution in [1.29, 1.82) is 5.26 Å². The largest absolute Gasteiger partial charge is 0.484 e. The molecule has 5 heteroatoms. The maximum absolute atomic E-state index is 11.9. The van der Waals surface area contributed by atoms with E-state index in [4.69, 9.17) is 10.00 Å². The molecular formula is C16H20N2O3. The van der Waals surface area contributed by atoms with Crippen LogP contribution in [0.5, 0.6) is 5.75 Å². The Balaban J connectivity index is 1.79. The summed E-state index contributed by atoms with van der Waals surface area (Å²) in [5.41, 5.74) is 0.555. The van der Waals surface area contributed by atoms with Gasteiger partial charge < -0.3 is 15.2 Å². The van der Waals surface area contributed by atoms with E-state index in [2.05, 4.69) is 5.32 Å². The number of rotatable bonds is 5. The average molecular weight is 288 g/mol. The molecule has 0 aromatic heterocycles. The van der Waals surface area contributed by atoms with E-state index in [1.807, 2.05) is 6.07 Å². The van der Waals surface area contributed by atoms with Crippen LogP contribution in [0.3, 0.4) is 0 Å². The Labute approximate surface area is 124 Å². The summed E-state index contributed by atoms with van der Waals surface area (Å²) in [6.07, 6.45) is 4.06. The first-order valence-electron chi connectivity index (χ1n) is 7.26. The van der Waals surface area contributed by atoms with Crippen LogP contribution in [0.1, 0.15) is 31.2 Å². The number of aliphatic hydroxyl groups excluding tert-OH is 1. The zero-order chi connectivity index (χ0) is 15.1. The topological polar surface area (TPSA) is 82.3 Å². The van der Waals surface area contributed by atoms with Gasteiger partial charge in [-0.05, 0) is 37.1 Å². The van der Waals surface area contributed by atoms with Gasteiger partial charge in [-0.3, -0.25) is 4.79 Å². The minimum Gasteiger partial charge on any atom is -0.484 e. The molecule has 112 valence electrons. The van der Waals surface area contributed by atoms with Crippen LogP contribution in [-0.4, -0.2) is 30.3 Å². The van der Waals surface area contributed by atoms with Gasteiger partial charge in [0.1, 0.15) is 5.75 Å². The lowest BCUT2D eigenvalue weighted by molar-refractivity contribution is -0.124. The van der Waals surface area contributed by atoms with Gasteiger partial charge in [-0.1, -0.05) is 12.8 Å². The Kier molecular flexibility index (Phi) is 5.59. The number of nitrogens with one attached hydrogen (secondary N) is 1. The van der Waals surface area contributed by atoms with E-state index in [9.17, 15) is 9.90 Å². The van der Waals surface area contributed by atoms with Crippen LogP contribution in [0.4, 0.5) is 0 Å². The minimum atomic E-state index is -0.176. The molecule has 0 radical (unpaired) electrons. The third kappa shape index (κ3) is 4.47. The molecule has 2 unspecified atom stereocenters. The normalized spacial score (nSPS) is 21.3. The number of aliphatic hydroxyl groups is 1. The summed E-state index contributed by atoms with van der Waals surface area (Å²) in [7, 11) is 0. The van der Waals surface area contributed by atoms with Gasteiger partial charge in [0, 0.05) is 18.6 Å². The van der Waals surface area contributed by atoms with Crippen molar-refractivity contribution in [3.8, 4) is 11.8 Å². The predicted octanol–water partition coefficient (Wildman–Crippen LogP) is 1.60. The highest BCUT2D eigenvalue weighted by Gasteiger charge is 2.25. The highest BCUT2D eigenvalue weighted by atomic mass is 16.5. The summed E-state index contributed by atoms with van der Waals surface area (Å²) in [5, 5.41) is 21.0. The summed E-state index contributed by atoms with van der Waals surface area (Å²) in [6.45, 7) is 0.0575. The van der Waals surface area contributed by atoms with Crippen LogP contribution < -0.4 is 10.1 Å². The number of hydrogen-bond donors (Lipinski definition) is 2. The fraction of sp³-hybridized carbons (Fsp3) is 0.500. The summed E-state index contributed by atoms with van der Waals surface area (Å²) in [6, 6.07) is 8.71. The van der Waals surface area contributed by atoms with Crippen molar-refractivity contribution in [1.82, 2.24) is 5.32 Å². The number of benzene rings is 1. The van der Waals surface area contributed by atoms with Crippen molar-refractivity contribution >= 4 is 5.91 Å². The van der Waals surface area contributed by atoms with Gasteiger partial charge in [0.15, 0.2) is 6.61 Å². The van der Waals surface area contributed by atoms with E-state index in [0.29, 0.717) is 11.3 Å². The number of carbonyl (C=O) groups is 1. The summed E-state index contributed by atoms with van der Waals surface area (Å²) < 4.78 is 5.39. The number of ether oxygens (including phenoxy) is 1. The lowest BCUT2D eigenvalue weighted by Crippen LogP contribution is -2.45. The minimum absolute atomic E-state index is 0.0424. The van der Waals surface area contributed by atoms with Crippen molar-refractivity contribution in [2.75, 3.05) is 13.2 Å². The highest BCUT2D eigenvalue weighted by Crippen LogP contribution is 2.23. The SMILES string of the molecule is N#Cc1ccc(OCC(=O)NC2CCCCC2CO)cc1. The van der Waals surface area contributed by atoms with Gasteiger partial charge in [0.2, 0.25) is 0 Å². The Morgan fingerprint density at radius 2 is 2.05 bits per heavy atom. The molecule has 2 rings (SSSR count). The van der Waals surface area contributed by atoms with Gasteiger partial charge in [-0.2, -0.15) is 5.26 Å². The zero-order valence-corrected chi connectivity index (χ0v) is 11.9. The standard InChI is InChI=1S/C16H20N2O3/c17-9-12-5-7-14(8-6-12)21-11-16(20)18-15-4-2-1-3-13(15)10-19/h5-8,13,15,19H,1-4,10-11H2,(H,18,20).